The number of hydrogen-bond donors (Lipinski definition) is 2. The Kier molecular flexibility index (Phi) is 5.12. The smallest absolute Gasteiger partial charge is 0.408 e. The molecule has 1 rings (SSSR count). The van der Waals surface area contributed by atoms with Gasteiger partial charge in [0.25, 0.3) is 0 Å². The summed E-state index contributed by atoms with van der Waals surface area (Å²) in [6.45, 7) is 9.04. The Bertz CT molecular complexity index is 434. The predicted molar refractivity (Wildman–Crippen MR) is 75.7 cm³/mol. The van der Waals surface area contributed by atoms with Gasteiger partial charge in [-0.15, -0.1) is 0 Å². The van der Waals surface area contributed by atoms with Gasteiger partial charge in [-0.1, -0.05) is 36.9 Å². The Morgan fingerprint density at radius 1 is 1.37 bits per heavy atom. The highest BCUT2D eigenvalue weighted by Gasteiger charge is 2.21. The van der Waals surface area contributed by atoms with Crippen LogP contribution >= 0.6 is 0 Å². The van der Waals surface area contributed by atoms with E-state index < -0.39 is 17.7 Å². The third-order valence-electron chi connectivity index (χ3n) is 2.44. The van der Waals surface area contributed by atoms with E-state index in [0.717, 1.165) is 5.56 Å². The van der Waals surface area contributed by atoms with Gasteiger partial charge in [0.2, 0.25) is 0 Å². The van der Waals surface area contributed by atoms with Crippen LogP contribution in [-0.4, -0.2) is 29.4 Å². The summed E-state index contributed by atoms with van der Waals surface area (Å²) in [6.07, 6.45) is -0.566. The van der Waals surface area contributed by atoms with E-state index in [1.165, 1.54) is 0 Å². The second kappa shape index (κ2) is 6.38. The molecule has 104 valence electrons. The molecule has 0 aromatic heterocycles. The molecule has 0 unspecified atom stereocenters. The Labute approximate surface area is 114 Å². The number of alkyl carbamates (subject to hydrolysis) is 1. The van der Waals surface area contributed by atoms with Crippen molar-refractivity contribution in [3.05, 3.63) is 42.5 Å². The van der Waals surface area contributed by atoms with Crippen LogP contribution in [-0.2, 0) is 4.74 Å². The van der Waals surface area contributed by atoms with Crippen molar-refractivity contribution < 1.29 is 14.6 Å². The summed E-state index contributed by atoms with van der Waals surface area (Å²) >= 11 is 0. The fourth-order valence-corrected chi connectivity index (χ4v) is 1.55. The van der Waals surface area contributed by atoms with Gasteiger partial charge in [0, 0.05) is 0 Å². The number of carbonyl (C=O) groups excluding carboxylic acids is 1. The van der Waals surface area contributed by atoms with E-state index in [-0.39, 0.29) is 6.61 Å². The normalized spacial score (nSPS) is 12.6. The summed E-state index contributed by atoms with van der Waals surface area (Å²) in [5.74, 6) is 0. The lowest BCUT2D eigenvalue weighted by molar-refractivity contribution is 0.0501. The average molecular weight is 263 g/mol. The highest BCUT2D eigenvalue weighted by atomic mass is 16.6. The highest BCUT2D eigenvalue weighted by Crippen LogP contribution is 2.16. The van der Waals surface area contributed by atoms with Gasteiger partial charge >= 0.3 is 6.09 Å². The lowest BCUT2D eigenvalue weighted by atomic mass is 10.0. The molecule has 1 atom stereocenters. The van der Waals surface area contributed by atoms with E-state index in [0.29, 0.717) is 5.57 Å². The monoisotopic (exact) mass is 263 g/mol. The van der Waals surface area contributed by atoms with E-state index in [2.05, 4.69) is 11.9 Å². The SMILES string of the molecule is C=C(c1ccccc1)[C@H](CO)NC(=O)OC(C)(C)C. The van der Waals surface area contributed by atoms with E-state index in [4.69, 9.17) is 4.74 Å². The average Bonchev–Trinajstić information content (AvgIpc) is 2.34. The molecule has 0 aliphatic carbocycles. The third-order valence-corrected chi connectivity index (χ3v) is 2.44. The maximum absolute atomic E-state index is 11.7. The van der Waals surface area contributed by atoms with E-state index >= 15 is 0 Å². The number of amides is 1. The summed E-state index contributed by atoms with van der Waals surface area (Å²) in [5.41, 5.74) is 0.949. The Morgan fingerprint density at radius 3 is 2.42 bits per heavy atom. The Balaban J connectivity index is 2.69. The number of aliphatic hydroxyl groups is 1. The van der Waals surface area contributed by atoms with E-state index in [9.17, 15) is 9.90 Å². The number of aliphatic hydroxyl groups excluding tert-OH is 1. The zero-order chi connectivity index (χ0) is 14.5. The van der Waals surface area contributed by atoms with Gasteiger partial charge in [0.05, 0.1) is 12.6 Å². The first-order chi connectivity index (χ1) is 8.83. The van der Waals surface area contributed by atoms with Crippen molar-refractivity contribution in [3.63, 3.8) is 0 Å². The molecule has 0 bridgehead atoms. The number of rotatable bonds is 4. The molecular weight excluding hydrogens is 242 g/mol. The van der Waals surface area contributed by atoms with E-state index in [1.807, 2.05) is 30.3 Å². The second-order valence-corrected chi connectivity index (χ2v) is 5.27. The lowest BCUT2D eigenvalue weighted by Crippen LogP contribution is -2.41. The van der Waals surface area contributed by atoms with Crippen molar-refractivity contribution in [1.82, 2.24) is 5.32 Å². The minimum absolute atomic E-state index is 0.229. The summed E-state index contributed by atoms with van der Waals surface area (Å²) in [6, 6.07) is 8.85. The molecule has 0 saturated heterocycles. The van der Waals surface area contributed by atoms with Crippen LogP contribution in [0.5, 0.6) is 0 Å². The first-order valence-electron chi connectivity index (χ1n) is 6.18. The summed E-state index contributed by atoms with van der Waals surface area (Å²) < 4.78 is 5.15. The second-order valence-electron chi connectivity index (χ2n) is 5.27. The molecule has 1 aromatic rings. The van der Waals surface area contributed by atoms with Crippen molar-refractivity contribution in [2.75, 3.05) is 6.61 Å². The molecular formula is C15H21NO3. The molecule has 19 heavy (non-hydrogen) atoms. The molecule has 1 aromatic carbocycles. The number of carbonyl (C=O) groups is 1. The van der Waals surface area contributed by atoms with Crippen LogP contribution in [0.2, 0.25) is 0 Å². The van der Waals surface area contributed by atoms with Gasteiger partial charge < -0.3 is 15.2 Å². The van der Waals surface area contributed by atoms with Crippen LogP contribution in [0.25, 0.3) is 5.57 Å². The van der Waals surface area contributed by atoms with Crippen LogP contribution < -0.4 is 5.32 Å². The number of benzene rings is 1. The Morgan fingerprint density at radius 2 is 1.95 bits per heavy atom. The minimum atomic E-state index is -0.571. The fraction of sp³-hybridized carbons (Fsp3) is 0.400. The van der Waals surface area contributed by atoms with Gasteiger partial charge in [-0.3, -0.25) is 0 Å². The molecule has 2 N–H and O–H groups in total. The van der Waals surface area contributed by atoms with Crippen molar-refractivity contribution in [1.29, 1.82) is 0 Å². The minimum Gasteiger partial charge on any atom is -0.444 e. The molecule has 0 heterocycles. The quantitative estimate of drug-likeness (QED) is 0.877. The van der Waals surface area contributed by atoms with Gasteiger partial charge in [-0.05, 0) is 31.9 Å². The first-order valence-corrected chi connectivity index (χ1v) is 6.18. The van der Waals surface area contributed by atoms with Crippen molar-refractivity contribution in [2.24, 2.45) is 0 Å². The molecule has 0 aliphatic heterocycles. The summed E-state index contributed by atoms with van der Waals surface area (Å²) in [7, 11) is 0. The largest absolute Gasteiger partial charge is 0.444 e. The highest BCUT2D eigenvalue weighted by molar-refractivity contribution is 5.75. The van der Waals surface area contributed by atoms with Crippen LogP contribution in [0.15, 0.2) is 36.9 Å². The van der Waals surface area contributed by atoms with Gasteiger partial charge in [-0.2, -0.15) is 0 Å². The maximum Gasteiger partial charge on any atom is 0.408 e. The molecule has 1 amide bonds. The summed E-state index contributed by atoms with van der Waals surface area (Å²) in [4.78, 5) is 11.7. The lowest BCUT2D eigenvalue weighted by Gasteiger charge is -2.24. The molecule has 0 saturated carbocycles. The standard InChI is InChI=1S/C15H21NO3/c1-11(12-8-6-5-7-9-12)13(10-17)16-14(18)19-15(2,3)4/h5-9,13,17H,1,10H2,2-4H3,(H,16,18)/t13-/m0/s1. The van der Waals surface area contributed by atoms with Crippen LogP contribution in [0.3, 0.4) is 0 Å². The number of hydrogen-bond acceptors (Lipinski definition) is 3. The van der Waals surface area contributed by atoms with E-state index in [1.54, 1.807) is 20.8 Å². The van der Waals surface area contributed by atoms with Gasteiger partial charge in [0.15, 0.2) is 0 Å². The maximum atomic E-state index is 11.7. The first kappa shape index (κ1) is 15.2. The van der Waals surface area contributed by atoms with Crippen LogP contribution in [0, 0.1) is 0 Å². The fourth-order valence-electron chi connectivity index (χ4n) is 1.55. The molecule has 0 spiro atoms. The molecule has 4 nitrogen and oxygen atoms in total. The Hall–Kier alpha value is -1.81. The zero-order valence-electron chi connectivity index (χ0n) is 11.6. The van der Waals surface area contributed by atoms with Crippen molar-refractivity contribution in [2.45, 2.75) is 32.4 Å². The zero-order valence-corrected chi connectivity index (χ0v) is 11.6. The number of ether oxygens (including phenoxy) is 1. The predicted octanol–water partition coefficient (Wildman–Crippen LogP) is 2.59. The van der Waals surface area contributed by atoms with Crippen LogP contribution in [0.4, 0.5) is 4.79 Å². The third kappa shape index (κ3) is 5.14. The molecule has 0 radical (unpaired) electrons. The van der Waals surface area contributed by atoms with Gasteiger partial charge in [0.1, 0.15) is 5.60 Å². The molecule has 0 fully saturated rings. The molecule has 4 heteroatoms. The van der Waals surface area contributed by atoms with Crippen molar-refractivity contribution >= 4 is 11.7 Å². The van der Waals surface area contributed by atoms with Gasteiger partial charge in [-0.25, -0.2) is 4.79 Å². The topological polar surface area (TPSA) is 58.6 Å². The number of nitrogens with one attached hydrogen (secondary N) is 1. The molecule has 0 aliphatic rings. The van der Waals surface area contributed by atoms with Crippen molar-refractivity contribution in [3.8, 4) is 0 Å². The van der Waals surface area contributed by atoms with Crippen LogP contribution in [0.1, 0.15) is 26.3 Å². The summed E-state index contributed by atoms with van der Waals surface area (Å²) in [5, 5.41) is 12.0.